The Morgan fingerprint density at radius 1 is 1.25 bits per heavy atom. The number of fused-ring (bicyclic) bond motifs is 1. The minimum Gasteiger partial charge on any atom is -0.497 e. The second-order valence-corrected chi connectivity index (χ2v) is 7.89. The van der Waals surface area contributed by atoms with E-state index >= 15 is 0 Å². The van der Waals surface area contributed by atoms with Crippen LogP contribution in [0.3, 0.4) is 0 Å². The molecule has 3 heterocycles. The van der Waals surface area contributed by atoms with Crippen molar-refractivity contribution in [2.45, 2.75) is 38.1 Å². The van der Waals surface area contributed by atoms with Gasteiger partial charge in [-0.1, -0.05) is 12.1 Å². The smallest absolute Gasteiger partial charge is 0.227 e. The molecule has 0 saturated carbocycles. The Balaban J connectivity index is 1.40. The first kappa shape index (κ1) is 18.9. The van der Waals surface area contributed by atoms with Crippen molar-refractivity contribution < 1.29 is 9.53 Å². The van der Waals surface area contributed by atoms with E-state index in [9.17, 15) is 4.79 Å². The lowest BCUT2D eigenvalue weighted by Crippen LogP contribution is -2.38. The number of rotatable bonds is 4. The third-order valence-corrected chi connectivity index (χ3v) is 5.81. The van der Waals surface area contributed by atoms with E-state index in [2.05, 4.69) is 16.9 Å². The number of carbonyl (C=O) groups excluding carboxylic acids is 1. The summed E-state index contributed by atoms with van der Waals surface area (Å²) in [7, 11) is 3.81. The van der Waals surface area contributed by atoms with Crippen LogP contribution in [0.25, 0.3) is 0 Å². The van der Waals surface area contributed by atoms with Crippen molar-refractivity contribution in [3.05, 3.63) is 53.1 Å². The Kier molecular flexibility index (Phi) is 5.57. The summed E-state index contributed by atoms with van der Waals surface area (Å²) in [5, 5.41) is 0. The third kappa shape index (κ3) is 4.17. The minimum atomic E-state index is 0.147. The van der Waals surface area contributed by atoms with Gasteiger partial charge in [0.2, 0.25) is 5.91 Å². The average Bonchev–Trinajstić information content (AvgIpc) is 2.73. The molecule has 28 heavy (non-hydrogen) atoms. The molecule has 2 aliphatic rings. The summed E-state index contributed by atoms with van der Waals surface area (Å²) in [4.78, 5) is 26.5. The quantitative estimate of drug-likeness (QED) is 0.815. The van der Waals surface area contributed by atoms with Crippen molar-refractivity contribution in [2.75, 3.05) is 33.8 Å². The second kappa shape index (κ2) is 8.27. The molecule has 148 valence electrons. The van der Waals surface area contributed by atoms with Crippen LogP contribution < -0.4 is 4.74 Å². The summed E-state index contributed by atoms with van der Waals surface area (Å²) in [6, 6.07) is 7.69. The highest BCUT2D eigenvalue weighted by molar-refractivity contribution is 5.79. The average molecular weight is 380 g/mol. The van der Waals surface area contributed by atoms with Crippen LogP contribution in [0.15, 0.2) is 30.5 Å². The Morgan fingerprint density at radius 2 is 2.07 bits per heavy atom. The standard InChI is InChI=1S/C22H28N4O2/c1-25-10-3-4-17(14-25)22-23-13-18-15-26(11-9-20(18)24-22)21(27)12-16-5-7-19(28-2)8-6-16/h5-8,13,17H,3-4,9-12,14-15H2,1-2H3. The minimum absolute atomic E-state index is 0.147. The first-order chi connectivity index (χ1) is 13.6. The zero-order valence-corrected chi connectivity index (χ0v) is 16.7. The molecule has 1 aromatic carbocycles. The van der Waals surface area contributed by atoms with Gasteiger partial charge in [0.25, 0.3) is 0 Å². The van der Waals surface area contributed by atoms with Gasteiger partial charge in [0.1, 0.15) is 11.6 Å². The van der Waals surface area contributed by atoms with E-state index in [4.69, 9.17) is 9.72 Å². The number of amides is 1. The van der Waals surface area contributed by atoms with E-state index in [1.54, 1.807) is 7.11 Å². The van der Waals surface area contributed by atoms with Crippen LogP contribution in [0.5, 0.6) is 5.75 Å². The molecular weight excluding hydrogens is 352 g/mol. The summed E-state index contributed by atoms with van der Waals surface area (Å²) in [5.41, 5.74) is 3.21. The summed E-state index contributed by atoms with van der Waals surface area (Å²) < 4.78 is 5.18. The van der Waals surface area contributed by atoms with Gasteiger partial charge in [0, 0.05) is 43.7 Å². The molecule has 0 bridgehead atoms. The van der Waals surface area contributed by atoms with Crippen LogP contribution in [-0.2, 0) is 24.2 Å². The molecule has 1 atom stereocenters. The summed E-state index contributed by atoms with van der Waals surface area (Å²) in [5.74, 6) is 2.36. The van der Waals surface area contributed by atoms with Crippen LogP contribution in [0.4, 0.5) is 0 Å². The molecule has 6 heteroatoms. The number of carbonyl (C=O) groups is 1. The van der Waals surface area contributed by atoms with Gasteiger partial charge < -0.3 is 14.5 Å². The zero-order chi connectivity index (χ0) is 19.5. The Hall–Kier alpha value is -2.47. The number of hydrogen-bond donors (Lipinski definition) is 0. The van der Waals surface area contributed by atoms with Crippen molar-refractivity contribution in [1.29, 1.82) is 0 Å². The third-order valence-electron chi connectivity index (χ3n) is 5.81. The SMILES string of the molecule is COc1ccc(CC(=O)N2CCc3nc(C4CCCN(C)C4)ncc3C2)cc1. The van der Waals surface area contributed by atoms with Crippen LogP contribution in [0.2, 0.25) is 0 Å². The van der Waals surface area contributed by atoms with Crippen LogP contribution in [-0.4, -0.2) is 59.5 Å². The Labute approximate surface area is 166 Å². The van der Waals surface area contributed by atoms with E-state index in [1.165, 1.54) is 6.42 Å². The van der Waals surface area contributed by atoms with Crippen molar-refractivity contribution in [2.24, 2.45) is 0 Å². The molecule has 2 aliphatic heterocycles. The van der Waals surface area contributed by atoms with Gasteiger partial charge in [-0.25, -0.2) is 9.97 Å². The summed E-state index contributed by atoms with van der Waals surface area (Å²) in [6.45, 7) is 3.52. The van der Waals surface area contributed by atoms with Gasteiger partial charge in [-0.05, 0) is 44.1 Å². The van der Waals surface area contributed by atoms with Crippen LogP contribution in [0, 0.1) is 0 Å². The normalized spacial score (nSPS) is 19.9. The number of piperidine rings is 1. The maximum Gasteiger partial charge on any atom is 0.227 e. The molecule has 0 spiro atoms. The monoisotopic (exact) mass is 380 g/mol. The van der Waals surface area contributed by atoms with Crippen molar-refractivity contribution >= 4 is 5.91 Å². The number of likely N-dealkylation sites (tertiary alicyclic amines) is 1. The number of hydrogen-bond acceptors (Lipinski definition) is 5. The molecule has 2 aromatic rings. The maximum atomic E-state index is 12.7. The van der Waals surface area contributed by atoms with Crippen molar-refractivity contribution in [3.8, 4) is 5.75 Å². The lowest BCUT2D eigenvalue weighted by molar-refractivity contribution is -0.131. The second-order valence-electron chi connectivity index (χ2n) is 7.89. The fourth-order valence-electron chi connectivity index (χ4n) is 4.15. The van der Waals surface area contributed by atoms with E-state index in [0.29, 0.717) is 18.9 Å². The highest BCUT2D eigenvalue weighted by Crippen LogP contribution is 2.26. The summed E-state index contributed by atoms with van der Waals surface area (Å²) in [6.07, 6.45) is 5.53. The number of benzene rings is 1. The predicted molar refractivity (Wildman–Crippen MR) is 107 cm³/mol. The van der Waals surface area contributed by atoms with Gasteiger partial charge in [-0.3, -0.25) is 4.79 Å². The van der Waals surface area contributed by atoms with Gasteiger partial charge >= 0.3 is 0 Å². The Morgan fingerprint density at radius 3 is 2.82 bits per heavy atom. The lowest BCUT2D eigenvalue weighted by Gasteiger charge is -2.31. The fourth-order valence-corrected chi connectivity index (χ4v) is 4.15. The van der Waals surface area contributed by atoms with Gasteiger partial charge in [0.15, 0.2) is 0 Å². The number of likely N-dealkylation sites (N-methyl/N-ethyl adjacent to an activating group) is 1. The van der Waals surface area contributed by atoms with Gasteiger partial charge in [-0.2, -0.15) is 0 Å². The van der Waals surface area contributed by atoms with E-state index < -0.39 is 0 Å². The van der Waals surface area contributed by atoms with Crippen LogP contribution in [0.1, 0.15) is 41.4 Å². The highest BCUT2D eigenvalue weighted by atomic mass is 16.5. The summed E-state index contributed by atoms with van der Waals surface area (Å²) >= 11 is 0. The number of aromatic nitrogens is 2. The van der Waals surface area contributed by atoms with Crippen LogP contribution >= 0.6 is 0 Å². The molecule has 1 fully saturated rings. The number of nitrogens with zero attached hydrogens (tertiary/aromatic N) is 4. The molecular formula is C22H28N4O2. The topological polar surface area (TPSA) is 58.6 Å². The molecule has 1 saturated heterocycles. The zero-order valence-electron chi connectivity index (χ0n) is 16.7. The number of ether oxygens (including phenoxy) is 1. The largest absolute Gasteiger partial charge is 0.497 e. The first-order valence-electron chi connectivity index (χ1n) is 10.1. The van der Waals surface area contributed by atoms with E-state index in [-0.39, 0.29) is 5.91 Å². The fraction of sp³-hybridized carbons (Fsp3) is 0.500. The molecule has 0 radical (unpaired) electrons. The molecule has 0 N–H and O–H groups in total. The number of methoxy groups -OCH3 is 1. The molecule has 6 nitrogen and oxygen atoms in total. The van der Waals surface area contributed by atoms with Gasteiger partial charge in [0.05, 0.1) is 19.2 Å². The van der Waals surface area contributed by atoms with E-state index in [0.717, 1.165) is 60.9 Å². The van der Waals surface area contributed by atoms with Gasteiger partial charge in [-0.15, -0.1) is 0 Å². The Bertz CT molecular complexity index is 837. The van der Waals surface area contributed by atoms with Crippen molar-refractivity contribution in [3.63, 3.8) is 0 Å². The predicted octanol–water partition coefficient (Wildman–Crippen LogP) is 2.42. The highest BCUT2D eigenvalue weighted by Gasteiger charge is 2.25. The molecule has 1 amide bonds. The first-order valence-corrected chi connectivity index (χ1v) is 10.1. The molecule has 4 rings (SSSR count). The molecule has 0 aliphatic carbocycles. The lowest BCUT2D eigenvalue weighted by atomic mass is 9.97. The maximum absolute atomic E-state index is 12.7. The van der Waals surface area contributed by atoms with E-state index in [1.807, 2.05) is 35.4 Å². The molecule has 1 unspecified atom stereocenters. The van der Waals surface area contributed by atoms with Crippen molar-refractivity contribution in [1.82, 2.24) is 19.8 Å². The molecule has 1 aromatic heterocycles.